The lowest BCUT2D eigenvalue weighted by molar-refractivity contribution is 0.274. The van der Waals surface area contributed by atoms with Gasteiger partial charge in [-0.2, -0.15) is 0 Å². The molecule has 0 unspecified atom stereocenters. The predicted molar refractivity (Wildman–Crippen MR) is 83.9 cm³/mol. The highest BCUT2D eigenvalue weighted by Crippen LogP contribution is 2.30. The molecule has 0 aromatic heterocycles. The lowest BCUT2D eigenvalue weighted by atomic mass is 10.2. The van der Waals surface area contributed by atoms with Crippen LogP contribution in [0.1, 0.15) is 11.1 Å². The Kier molecular flexibility index (Phi) is 5.47. The smallest absolute Gasteiger partial charge is 0.161 e. The second kappa shape index (κ2) is 7.33. The summed E-state index contributed by atoms with van der Waals surface area (Å²) >= 11 is 3.45. The van der Waals surface area contributed by atoms with E-state index in [9.17, 15) is 0 Å². The topological polar surface area (TPSA) is 47.9 Å². The van der Waals surface area contributed by atoms with Crippen LogP contribution in [0.4, 0.5) is 0 Å². The van der Waals surface area contributed by atoms with Crippen molar-refractivity contribution < 1.29 is 19.3 Å². The Morgan fingerprint density at radius 2 is 1.57 bits per heavy atom. The van der Waals surface area contributed by atoms with Crippen LogP contribution in [0, 0.1) is 0 Å². The molecular formula is C16H17BrO4. The molecule has 0 aliphatic rings. The zero-order valence-electron chi connectivity index (χ0n) is 11.9. The van der Waals surface area contributed by atoms with Gasteiger partial charge in [-0.1, -0.05) is 12.1 Å². The number of ether oxygens (including phenoxy) is 3. The normalized spacial score (nSPS) is 10.3. The summed E-state index contributed by atoms with van der Waals surface area (Å²) in [5, 5.41) is 9.12. The van der Waals surface area contributed by atoms with E-state index in [4.69, 9.17) is 19.3 Å². The Balaban J connectivity index is 2.10. The molecule has 0 atom stereocenters. The highest BCUT2D eigenvalue weighted by atomic mass is 79.9. The molecular weight excluding hydrogens is 336 g/mol. The van der Waals surface area contributed by atoms with E-state index < -0.39 is 0 Å². The molecule has 0 amide bonds. The van der Waals surface area contributed by atoms with Gasteiger partial charge in [-0.3, -0.25) is 0 Å². The average Bonchev–Trinajstić information content (AvgIpc) is 2.52. The summed E-state index contributed by atoms with van der Waals surface area (Å²) in [7, 11) is 3.21. The standard InChI is InChI=1S/C16H17BrO4/c1-19-14-5-4-12(7-13(14)17)10-21-15-6-3-11(9-18)8-16(15)20-2/h3-8,18H,9-10H2,1-2H3. The van der Waals surface area contributed by atoms with E-state index in [0.717, 1.165) is 21.3 Å². The molecule has 0 aliphatic heterocycles. The summed E-state index contributed by atoms with van der Waals surface area (Å²) in [6.45, 7) is 0.388. The summed E-state index contributed by atoms with van der Waals surface area (Å²) in [6, 6.07) is 11.1. The number of hydrogen-bond donors (Lipinski definition) is 1. The van der Waals surface area contributed by atoms with Crippen LogP contribution in [-0.2, 0) is 13.2 Å². The molecule has 0 radical (unpaired) electrons. The van der Waals surface area contributed by atoms with Gasteiger partial charge in [0.05, 0.1) is 25.3 Å². The van der Waals surface area contributed by atoms with Gasteiger partial charge in [-0.25, -0.2) is 0 Å². The molecule has 0 heterocycles. The van der Waals surface area contributed by atoms with E-state index in [0.29, 0.717) is 18.1 Å². The van der Waals surface area contributed by atoms with Crippen molar-refractivity contribution >= 4 is 15.9 Å². The Labute approximate surface area is 132 Å². The molecule has 0 saturated heterocycles. The first-order valence-corrected chi connectivity index (χ1v) is 7.20. The van der Waals surface area contributed by atoms with Crippen LogP contribution in [0.5, 0.6) is 17.2 Å². The summed E-state index contributed by atoms with van der Waals surface area (Å²) in [5.74, 6) is 2.03. The fourth-order valence-electron chi connectivity index (χ4n) is 1.89. The predicted octanol–water partition coefficient (Wildman–Crippen LogP) is 3.54. The SMILES string of the molecule is COc1ccc(COc2ccc(CO)cc2OC)cc1Br. The van der Waals surface area contributed by atoms with Gasteiger partial charge in [-0.05, 0) is 51.3 Å². The largest absolute Gasteiger partial charge is 0.496 e. The van der Waals surface area contributed by atoms with E-state index in [1.54, 1.807) is 26.4 Å². The highest BCUT2D eigenvalue weighted by Gasteiger charge is 2.07. The number of hydrogen-bond acceptors (Lipinski definition) is 4. The summed E-state index contributed by atoms with van der Waals surface area (Å²) in [6.07, 6.45) is 0. The van der Waals surface area contributed by atoms with Crippen molar-refractivity contribution in [2.75, 3.05) is 14.2 Å². The molecule has 2 aromatic carbocycles. The van der Waals surface area contributed by atoms with Gasteiger partial charge >= 0.3 is 0 Å². The van der Waals surface area contributed by atoms with Crippen molar-refractivity contribution in [3.05, 3.63) is 52.0 Å². The average molecular weight is 353 g/mol. The number of halogens is 1. The van der Waals surface area contributed by atoms with Crippen LogP contribution >= 0.6 is 15.9 Å². The van der Waals surface area contributed by atoms with Gasteiger partial charge in [0, 0.05) is 0 Å². The Morgan fingerprint density at radius 3 is 2.19 bits per heavy atom. The second-order valence-electron chi connectivity index (χ2n) is 4.40. The van der Waals surface area contributed by atoms with Gasteiger partial charge in [0.1, 0.15) is 12.4 Å². The maximum atomic E-state index is 9.12. The minimum atomic E-state index is -0.0257. The van der Waals surface area contributed by atoms with Gasteiger partial charge < -0.3 is 19.3 Å². The first kappa shape index (κ1) is 15.7. The lowest BCUT2D eigenvalue weighted by Gasteiger charge is -2.12. The van der Waals surface area contributed by atoms with Gasteiger partial charge in [0.15, 0.2) is 11.5 Å². The van der Waals surface area contributed by atoms with E-state index in [1.807, 2.05) is 24.3 Å². The molecule has 4 nitrogen and oxygen atoms in total. The van der Waals surface area contributed by atoms with Crippen LogP contribution in [0.15, 0.2) is 40.9 Å². The second-order valence-corrected chi connectivity index (χ2v) is 5.26. The van der Waals surface area contributed by atoms with E-state index in [1.165, 1.54) is 0 Å². The molecule has 0 saturated carbocycles. The summed E-state index contributed by atoms with van der Waals surface area (Å²) in [5.41, 5.74) is 1.79. The third-order valence-corrected chi connectivity index (χ3v) is 3.64. The van der Waals surface area contributed by atoms with Gasteiger partial charge in [0.2, 0.25) is 0 Å². The maximum Gasteiger partial charge on any atom is 0.161 e. The Hall–Kier alpha value is -1.72. The molecule has 0 bridgehead atoms. The Morgan fingerprint density at radius 1 is 0.905 bits per heavy atom. The van der Waals surface area contributed by atoms with Crippen molar-refractivity contribution in [3.8, 4) is 17.2 Å². The van der Waals surface area contributed by atoms with Crippen LogP contribution in [0.3, 0.4) is 0 Å². The molecule has 0 spiro atoms. The molecule has 0 aliphatic carbocycles. The number of rotatable bonds is 6. The van der Waals surface area contributed by atoms with Crippen molar-refractivity contribution in [3.63, 3.8) is 0 Å². The Bertz CT molecular complexity index is 613. The van der Waals surface area contributed by atoms with Crippen molar-refractivity contribution in [2.45, 2.75) is 13.2 Å². The first-order valence-electron chi connectivity index (χ1n) is 6.41. The van der Waals surface area contributed by atoms with Gasteiger partial charge in [0.25, 0.3) is 0 Å². The molecule has 2 rings (SSSR count). The van der Waals surface area contributed by atoms with Crippen LogP contribution in [-0.4, -0.2) is 19.3 Å². The van der Waals surface area contributed by atoms with Crippen LogP contribution in [0.2, 0.25) is 0 Å². The fraction of sp³-hybridized carbons (Fsp3) is 0.250. The van der Waals surface area contributed by atoms with Crippen LogP contribution in [0.25, 0.3) is 0 Å². The third-order valence-electron chi connectivity index (χ3n) is 3.02. The molecule has 1 N–H and O–H groups in total. The van der Waals surface area contributed by atoms with E-state index >= 15 is 0 Å². The molecule has 0 fully saturated rings. The highest BCUT2D eigenvalue weighted by molar-refractivity contribution is 9.10. The third kappa shape index (κ3) is 3.89. The van der Waals surface area contributed by atoms with Crippen molar-refractivity contribution in [2.24, 2.45) is 0 Å². The number of aliphatic hydroxyl groups is 1. The van der Waals surface area contributed by atoms with E-state index in [2.05, 4.69) is 15.9 Å². The first-order chi connectivity index (χ1) is 10.2. The minimum Gasteiger partial charge on any atom is -0.496 e. The quantitative estimate of drug-likeness (QED) is 0.863. The van der Waals surface area contributed by atoms with Gasteiger partial charge in [-0.15, -0.1) is 0 Å². The number of benzene rings is 2. The zero-order valence-corrected chi connectivity index (χ0v) is 13.5. The number of aliphatic hydroxyl groups excluding tert-OH is 1. The monoisotopic (exact) mass is 352 g/mol. The molecule has 2 aromatic rings. The summed E-state index contributed by atoms with van der Waals surface area (Å²) < 4.78 is 17.1. The zero-order chi connectivity index (χ0) is 15.2. The summed E-state index contributed by atoms with van der Waals surface area (Å²) in [4.78, 5) is 0. The van der Waals surface area contributed by atoms with E-state index in [-0.39, 0.29) is 6.61 Å². The minimum absolute atomic E-state index is 0.0257. The van der Waals surface area contributed by atoms with Crippen molar-refractivity contribution in [1.29, 1.82) is 0 Å². The lowest BCUT2D eigenvalue weighted by Crippen LogP contribution is -1.99. The molecule has 112 valence electrons. The van der Waals surface area contributed by atoms with Crippen LogP contribution < -0.4 is 14.2 Å². The van der Waals surface area contributed by atoms with Crippen molar-refractivity contribution in [1.82, 2.24) is 0 Å². The molecule has 21 heavy (non-hydrogen) atoms. The maximum absolute atomic E-state index is 9.12. The fourth-order valence-corrected chi connectivity index (χ4v) is 2.48. The number of methoxy groups -OCH3 is 2. The molecule has 5 heteroatoms.